The van der Waals surface area contributed by atoms with Crippen molar-refractivity contribution >= 4 is 11.5 Å². The summed E-state index contributed by atoms with van der Waals surface area (Å²) in [6.07, 6.45) is 7.75. The second-order valence-corrected chi connectivity index (χ2v) is 7.81. The highest BCUT2D eigenvalue weighted by atomic mass is 16.2. The molecule has 0 fully saturated rings. The van der Waals surface area contributed by atoms with Gasteiger partial charge in [-0.1, -0.05) is 6.07 Å². The zero-order valence-corrected chi connectivity index (χ0v) is 17.1. The van der Waals surface area contributed by atoms with Crippen LogP contribution >= 0.6 is 0 Å². The Morgan fingerprint density at radius 3 is 2.93 bits per heavy atom. The van der Waals surface area contributed by atoms with Crippen LogP contribution < -0.4 is 11.0 Å². The highest BCUT2D eigenvalue weighted by Crippen LogP contribution is 2.23. The van der Waals surface area contributed by atoms with Gasteiger partial charge in [0.05, 0.1) is 12.7 Å². The minimum Gasteiger partial charge on any atom is -0.367 e. The van der Waals surface area contributed by atoms with Crippen molar-refractivity contribution in [3.05, 3.63) is 69.9 Å². The van der Waals surface area contributed by atoms with Gasteiger partial charge in [-0.3, -0.25) is 9.55 Å². The summed E-state index contributed by atoms with van der Waals surface area (Å²) in [6.45, 7) is 5.16. The molecule has 1 atom stereocenters. The summed E-state index contributed by atoms with van der Waals surface area (Å²) < 4.78 is 5.21. The van der Waals surface area contributed by atoms with E-state index in [-0.39, 0.29) is 11.7 Å². The average molecular weight is 404 g/mol. The first-order valence-electron chi connectivity index (χ1n) is 10.2. The molecule has 9 heteroatoms. The molecule has 0 saturated heterocycles. The van der Waals surface area contributed by atoms with E-state index in [1.807, 2.05) is 34.2 Å². The number of aromatic nitrogens is 7. The maximum atomic E-state index is 12.9. The fourth-order valence-corrected chi connectivity index (χ4v) is 4.04. The van der Waals surface area contributed by atoms with Gasteiger partial charge < -0.3 is 5.32 Å². The summed E-state index contributed by atoms with van der Waals surface area (Å²) in [4.78, 5) is 21.6. The Bertz CT molecular complexity index is 1250. The molecule has 0 spiro atoms. The molecule has 5 heterocycles. The molecule has 1 aliphatic rings. The van der Waals surface area contributed by atoms with Gasteiger partial charge in [0.15, 0.2) is 5.65 Å². The molecular formula is C21H24N8O. The van der Waals surface area contributed by atoms with E-state index in [0.717, 1.165) is 53.4 Å². The van der Waals surface area contributed by atoms with Gasteiger partial charge in [0.2, 0.25) is 0 Å². The molecular weight excluding hydrogens is 380 g/mol. The Morgan fingerprint density at radius 2 is 2.10 bits per heavy atom. The van der Waals surface area contributed by atoms with Gasteiger partial charge in [0, 0.05) is 48.7 Å². The number of nitrogens with zero attached hydrogens (tertiary/aromatic N) is 7. The summed E-state index contributed by atoms with van der Waals surface area (Å²) in [5, 5.41) is 12.7. The van der Waals surface area contributed by atoms with Gasteiger partial charge in [-0.25, -0.2) is 14.5 Å². The van der Waals surface area contributed by atoms with Crippen molar-refractivity contribution in [3.8, 4) is 0 Å². The van der Waals surface area contributed by atoms with Crippen LogP contribution in [-0.4, -0.2) is 40.0 Å². The fraction of sp³-hybridized carbons (Fsp3) is 0.381. The second-order valence-electron chi connectivity index (χ2n) is 7.81. The molecule has 0 aromatic carbocycles. The van der Waals surface area contributed by atoms with E-state index in [1.54, 1.807) is 23.3 Å². The average Bonchev–Trinajstić information content (AvgIpc) is 3.26. The molecule has 4 aromatic heterocycles. The zero-order valence-electron chi connectivity index (χ0n) is 17.1. The lowest BCUT2D eigenvalue weighted by Crippen LogP contribution is -2.28. The molecule has 154 valence electrons. The van der Waals surface area contributed by atoms with Gasteiger partial charge in [-0.15, -0.1) is 0 Å². The van der Waals surface area contributed by atoms with E-state index in [1.165, 1.54) is 0 Å². The number of aryl methyl sites for hydroxylation is 2. The lowest BCUT2D eigenvalue weighted by molar-refractivity contribution is 0.550. The normalized spacial score (nSPS) is 16.4. The smallest absolute Gasteiger partial charge is 0.346 e. The molecule has 1 aliphatic heterocycles. The van der Waals surface area contributed by atoms with Gasteiger partial charge in [0.25, 0.3) is 0 Å². The minimum atomic E-state index is -0.0556. The van der Waals surface area contributed by atoms with E-state index >= 15 is 0 Å². The highest BCUT2D eigenvalue weighted by molar-refractivity contribution is 5.55. The van der Waals surface area contributed by atoms with Crippen LogP contribution in [0.5, 0.6) is 0 Å². The van der Waals surface area contributed by atoms with E-state index in [4.69, 9.17) is 0 Å². The van der Waals surface area contributed by atoms with Gasteiger partial charge in [0.1, 0.15) is 11.6 Å². The van der Waals surface area contributed by atoms with Crippen LogP contribution in [0, 0.1) is 13.8 Å². The van der Waals surface area contributed by atoms with Crippen molar-refractivity contribution in [3.63, 3.8) is 0 Å². The summed E-state index contributed by atoms with van der Waals surface area (Å²) in [5.74, 6) is 1.82. The van der Waals surface area contributed by atoms with Gasteiger partial charge >= 0.3 is 5.69 Å². The van der Waals surface area contributed by atoms with Crippen LogP contribution in [0.1, 0.15) is 35.5 Å². The first kappa shape index (κ1) is 18.5. The third-order valence-corrected chi connectivity index (χ3v) is 5.83. The topological polar surface area (TPSA) is 94.9 Å². The molecule has 4 aromatic rings. The van der Waals surface area contributed by atoms with E-state index < -0.39 is 0 Å². The van der Waals surface area contributed by atoms with Crippen molar-refractivity contribution in [1.29, 1.82) is 0 Å². The maximum absolute atomic E-state index is 12.9. The van der Waals surface area contributed by atoms with Crippen molar-refractivity contribution in [2.75, 3.05) is 5.32 Å². The van der Waals surface area contributed by atoms with Crippen LogP contribution in [0.15, 0.2) is 41.6 Å². The summed E-state index contributed by atoms with van der Waals surface area (Å²) in [7, 11) is 0. The lowest BCUT2D eigenvalue weighted by atomic mass is 10.1. The van der Waals surface area contributed by atoms with Gasteiger partial charge in [-0.05, 0) is 38.3 Å². The van der Waals surface area contributed by atoms with E-state index in [0.29, 0.717) is 13.1 Å². The summed E-state index contributed by atoms with van der Waals surface area (Å²) in [6, 6.07) is 5.96. The van der Waals surface area contributed by atoms with Crippen molar-refractivity contribution < 1.29 is 0 Å². The van der Waals surface area contributed by atoms with Crippen LogP contribution in [0.4, 0.5) is 5.82 Å². The minimum absolute atomic E-state index is 0.0556. The van der Waals surface area contributed by atoms with Gasteiger partial charge in [-0.2, -0.15) is 14.7 Å². The molecule has 0 amide bonds. The molecule has 5 rings (SSSR count). The molecule has 0 bridgehead atoms. The zero-order chi connectivity index (χ0) is 20.7. The number of rotatable bonds is 4. The van der Waals surface area contributed by atoms with E-state index in [9.17, 15) is 4.79 Å². The molecule has 0 saturated carbocycles. The third-order valence-electron chi connectivity index (χ3n) is 5.83. The Labute approximate surface area is 173 Å². The fourth-order valence-electron chi connectivity index (χ4n) is 4.04. The number of anilines is 1. The second kappa shape index (κ2) is 7.40. The summed E-state index contributed by atoms with van der Waals surface area (Å²) in [5.41, 5.74) is 3.83. The quantitative estimate of drug-likeness (QED) is 0.559. The highest BCUT2D eigenvalue weighted by Gasteiger charge is 2.22. The molecule has 1 N–H and O–H groups in total. The van der Waals surface area contributed by atoms with Crippen molar-refractivity contribution in [2.45, 2.75) is 52.2 Å². The van der Waals surface area contributed by atoms with Crippen molar-refractivity contribution in [1.82, 2.24) is 33.9 Å². The van der Waals surface area contributed by atoms with Crippen LogP contribution in [0.2, 0.25) is 0 Å². The predicted molar refractivity (Wildman–Crippen MR) is 113 cm³/mol. The monoisotopic (exact) mass is 404 g/mol. The first-order chi connectivity index (χ1) is 14.6. The summed E-state index contributed by atoms with van der Waals surface area (Å²) >= 11 is 0. The SMILES string of the molecule is Cc1nc2ccnn2c(NC2CCc3nn(Cc4cccnc4)c(=O)n3CC2)c1C. The Kier molecular flexibility index (Phi) is 4.57. The van der Waals surface area contributed by atoms with Crippen LogP contribution in [0.3, 0.4) is 0 Å². The lowest BCUT2D eigenvalue weighted by Gasteiger charge is -2.20. The van der Waals surface area contributed by atoms with Crippen LogP contribution in [0.25, 0.3) is 5.65 Å². The van der Waals surface area contributed by atoms with E-state index in [2.05, 4.69) is 32.4 Å². The number of pyridine rings is 1. The number of hydrogen-bond donors (Lipinski definition) is 1. The largest absolute Gasteiger partial charge is 0.367 e. The van der Waals surface area contributed by atoms with Crippen LogP contribution in [-0.2, 0) is 19.5 Å². The number of fused-ring (bicyclic) bond motifs is 2. The Hall–Kier alpha value is -3.49. The Morgan fingerprint density at radius 1 is 1.20 bits per heavy atom. The standard InChI is InChI=1S/C21H24N8O/c1-14-15(2)24-18-7-10-23-29(18)20(14)25-17-5-6-19-26-28(21(30)27(19)11-8-17)13-16-4-3-9-22-12-16/h3-4,7,9-10,12,17,25H,5-6,8,11,13H2,1-2H3. The Balaban J connectivity index is 1.36. The molecule has 30 heavy (non-hydrogen) atoms. The molecule has 1 unspecified atom stereocenters. The maximum Gasteiger partial charge on any atom is 0.346 e. The number of hydrogen-bond acceptors (Lipinski definition) is 6. The molecule has 0 radical (unpaired) electrons. The number of nitrogens with one attached hydrogen (secondary N) is 1. The van der Waals surface area contributed by atoms with Crippen molar-refractivity contribution in [2.24, 2.45) is 0 Å². The first-order valence-corrected chi connectivity index (χ1v) is 10.2. The third kappa shape index (κ3) is 3.26. The predicted octanol–water partition coefficient (Wildman–Crippen LogP) is 1.96. The molecule has 0 aliphatic carbocycles. The molecule has 9 nitrogen and oxygen atoms in total.